The molecule has 3 heteroatoms. The highest BCUT2D eigenvalue weighted by atomic mass is 16.5. The summed E-state index contributed by atoms with van der Waals surface area (Å²) < 4.78 is 11.1. The molecule has 1 unspecified atom stereocenters. The van der Waals surface area contributed by atoms with E-state index >= 15 is 0 Å². The molecule has 0 aliphatic rings. The van der Waals surface area contributed by atoms with Gasteiger partial charge < -0.3 is 14.8 Å². The highest BCUT2D eigenvalue weighted by Gasteiger charge is 2.23. The second kappa shape index (κ2) is 5.92. The van der Waals surface area contributed by atoms with Crippen molar-refractivity contribution in [2.75, 3.05) is 20.8 Å². The van der Waals surface area contributed by atoms with Gasteiger partial charge in [-0.1, -0.05) is 32.9 Å². The van der Waals surface area contributed by atoms with Gasteiger partial charge in [0.05, 0.1) is 7.11 Å². The largest absolute Gasteiger partial charge is 0.493 e. The molecule has 1 atom stereocenters. The van der Waals surface area contributed by atoms with Crippen LogP contribution in [0.5, 0.6) is 11.5 Å². The first-order valence-corrected chi connectivity index (χ1v) is 5.92. The number of likely N-dealkylation sites (N-methyl/N-ethyl adjacent to an activating group) is 1. The molecule has 0 saturated heterocycles. The average Bonchev–Trinajstić information content (AvgIpc) is 2.28. The van der Waals surface area contributed by atoms with E-state index in [-0.39, 0.29) is 5.41 Å². The molecule has 0 aliphatic heterocycles. The van der Waals surface area contributed by atoms with Crippen molar-refractivity contribution >= 4 is 0 Å². The summed E-state index contributed by atoms with van der Waals surface area (Å²) >= 11 is 0. The average molecular weight is 237 g/mol. The van der Waals surface area contributed by atoms with E-state index in [2.05, 4.69) is 26.1 Å². The lowest BCUT2D eigenvalue weighted by molar-refractivity contribution is 0.177. The molecule has 0 saturated carbocycles. The van der Waals surface area contributed by atoms with Crippen molar-refractivity contribution in [3.63, 3.8) is 0 Å². The summed E-state index contributed by atoms with van der Waals surface area (Å²) in [6, 6.07) is 8.01. The first kappa shape index (κ1) is 13.8. The molecule has 0 aromatic heterocycles. The van der Waals surface area contributed by atoms with E-state index < -0.39 is 0 Å². The molecule has 0 radical (unpaired) electrons. The molecule has 0 aliphatic carbocycles. The summed E-state index contributed by atoms with van der Waals surface area (Å²) in [6.07, 6.45) is 0. The molecule has 1 aromatic carbocycles. The molecule has 1 N–H and O–H groups in total. The van der Waals surface area contributed by atoms with Crippen LogP contribution in [0.4, 0.5) is 0 Å². The number of rotatable bonds is 5. The lowest BCUT2D eigenvalue weighted by Crippen LogP contribution is -2.42. The van der Waals surface area contributed by atoms with E-state index in [1.807, 2.05) is 31.3 Å². The molecule has 96 valence electrons. The van der Waals surface area contributed by atoms with Gasteiger partial charge in [0, 0.05) is 6.04 Å². The highest BCUT2D eigenvalue weighted by Crippen LogP contribution is 2.27. The second-order valence-electron chi connectivity index (χ2n) is 5.17. The quantitative estimate of drug-likeness (QED) is 0.854. The summed E-state index contributed by atoms with van der Waals surface area (Å²) in [5, 5.41) is 3.28. The fourth-order valence-electron chi connectivity index (χ4n) is 1.68. The van der Waals surface area contributed by atoms with Crippen LogP contribution in [-0.4, -0.2) is 26.8 Å². The summed E-state index contributed by atoms with van der Waals surface area (Å²) in [5.74, 6) is 1.57. The number of methoxy groups -OCH3 is 1. The van der Waals surface area contributed by atoms with E-state index in [0.717, 1.165) is 11.5 Å². The van der Waals surface area contributed by atoms with Crippen molar-refractivity contribution in [2.45, 2.75) is 26.8 Å². The van der Waals surface area contributed by atoms with Crippen LogP contribution in [0.2, 0.25) is 0 Å². The zero-order chi connectivity index (χ0) is 12.9. The summed E-state index contributed by atoms with van der Waals surface area (Å²) in [4.78, 5) is 0. The molecule has 0 amide bonds. The zero-order valence-corrected chi connectivity index (χ0v) is 11.4. The maximum absolute atomic E-state index is 5.82. The van der Waals surface area contributed by atoms with Crippen LogP contribution in [0.1, 0.15) is 20.8 Å². The van der Waals surface area contributed by atoms with Crippen molar-refractivity contribution in [1.29, 1.82) is 0 Å². The molecular weight excluding hydrogens is 214 g/mol. The Morgan fingerprint density at radius 3 is 2.24 bits per heavy atom. The number of hydrogen-bond donors (Lipinski definition) is 1. The molecule has 0 heterocycles. The first-order chi connectivity index (χ1) is 7.99. The maximum atomic E-state index is 5.82. The fourth-order valence-corrected chi connectivity index (χ4v) is 1.68. The Hall–Kier alpha value is -1.22. The number of benzene rings is 1. The van der Waals surface area contributed by atoms with E-state index in [4.69, 9.17) is 9.47 Å². The molecule has 0 spiro atoms. The van der Waals surface area contributed by atoms with Crippen molar-refractivity contribution in [3.05, 3.63) is 24.3 Å². The van der Waals surface area contributed by atoms with Crippen LogP contribution in [0, 0.1) is 5.41 Å². The van der Waals surface area contributed by atoms with E-state index in [1.54, 1.807) is 7.11 Å². The normalized spacial score (nSPS) is 13.2. The number of hydrogen-bond acceptors (Lipinski definition) is 3. The van der Waals surface area contributed by atoms with Crippen LogP contribution in [0.3, 0.4) is 0 Å². The van der Waals surface area contributed by atoms with Gasteiger partial charge in [-0.15, -0.1) is 0 Å². The fraction of sp³-hybridized carbons (Fsp3) is 0.571. The number of para-hydroxylation sites is 2. The Labute approximate surface area is 104 Å². The van der Waals surface area contributed by atoms with Gasteiger partial charge >= 0.3 is 0 Å². The van der Waals surface area contributed by atoms with Crippen molar-refractivity contribution in [3.8, 4) is 11.5 Å². The molecule has 1 aromatic rings. The van der Waals surface area contributed by atoms with Gasteiger partial charge in [0.2, 0.25) is 0 Å². The number of nitrogens with one attached hydrogen (secondary N) is 1. The Morgan fingerprint density at radius 2 is 1.76 bits per heavy atom. The molecule has 0 bridgehead atoms. The molecule has 1 rings (SSSR count). The van der Waals surface area contributed by atoms with Crippen LogP contribution >= 0.6 is 0 Å². The predicted molar refractivity (Wildman–Crippen MR) is 70.8 cm³/mol. The Bertz CT molecular complexity index is 344. The minimum Gasteiger partial charge on any atom is -0.493 e. The third-order valence-corrected chi connectivity index (χ3v) is 2.87. The lowest BCUT2D eigenvalue weighted by atomic mass is 9.87. The summed E-state index contributed by atoms with van der Waals surface area (Å²) in [6.45, 7) is 7.21. The monoisotopic (exact) mass is 237 g/mol. The lowest BCUT2D eigenvalue weighted by Gasteiger charge is -2.30. The molecule has 17 heavy (non-hydrogen) atoms. The van der Waals surface area contributed by atoms with Crippen molar-refractivity contribution < 1.29 is 9.47 Å². The molecule has 0 fully saturated rings. The third kappa shape index (κ3) is 3.93. The SMILES string of the molecule is CNC(COc1ccccc1OC)C(C)(C)C. The van der Waals surface area contributed by atoms with Crippen LogP contribution in [0.15, 0.2) is 24.3 Å². The molecular formula is C14H23NO2. The third-order valence-electron chi connectivity index (χ3n) is 2.87. The van der Waals surface area contributed by atoms with E-state index in [0.29, 0.717) is 12.6 Å². The Kier molecular flexibility index (Phi) is 4.82. The zero-order valence-electron chi connectivity index (χ0n) is 11.4. The van der Waals surface area contributed by atoms with Gasteiger partial charge in [-0.25, -0.2) is 0 Å². The van der Waals surface area contributed by atoms with Crippen LogP contribution in [-0.2, 0) is 0 Å². The second-order valence-corrected chi connectivity index (χ2v) is 5.17. The summed E-state index contributed by atoms with van der Waals surface area (Å²) in [7, 11) is 3.61. The van der Waals surface area contributed by atoms with Gasteiger partial charge in [0.1, 0.15) is 6.61 Å². The highest BCUT2D eigenvalue weighted by molar-refractivity contribution is 5.39. The first-order valence-electron chi connectivity index (χ1n) is 5.92. The Balaban J connectivity index is 2.66. The van der Waals surface area contributed by atoms with Gasteiger partial charge in [-0.05, 0) is 24.6 Å². The van der Waals surface area contributed by atoms with Crippen LogP contribution in [0.25, 0.3) is 0 Å². The van der Waals surface area contributed by atoms with E-state index in [9.17, 15) is 0 Å². The Morgan fingerprint density at radius 1 is 1.18 bits per heavy atom. The van der Waals surface area contributed by atoms with Gasteiger partial charge in [0.15, 0.2) is 11.5 Å². The topological polar surface area (TPSA) is 30.5 Å². The molecule has 3 nitrogen and oxygen atoms in total. The van der Waals surface area contributed by atoms with Crippen LogP contribution < -0.4 is 14.8 Å². The smallest absolute Gasteiger partial charge is 0.161 e. The minimum atomic E-state index is 0.163. The van der Waals surface area contributed by atoms with Gasteiger partial charge in [-0.3, -0.25) is 0 Å². The van der Waals surface area contributed by atoms with Gasteiger partial charge in [-0.2, -0.15) is 0 Å². The standard InChI is InChI=1S/C14H23NO2/c1-14(2,3)13(15-4)10-17-12-9-7-6-8-11(12)16-5/h6-9,13,15H,10H2,1-5H3. The maximum Gasteiger partial charge on any atom is 0.161 e. The van der Waals surface area contributed by atoms with E-state index in [1.165, 1.54) is 0 Å². The number of ether oxygens (including phenoxy) is 2. The van der Waals surface area contributed by atoms with Crippen molar-refractivity contribution in [2.24, 2.45) is 5.41 Å². The van der Waals surface area contributed by atoms with Crippen molar-refractivity contribution in [1.82, 2.24) is 5.32 Å². The minimum absolute atomic E-state index is 0.163. The summed E-state index contributed by atoms with van der Waals surface area (Å²) in [5.41, 5.74) is 0.163. The van der Waals surface area contributed by atoms with Gasteiger partial charge in [0.25, 0.3) is 0 Å². The predicted octanol–water partition coefficient (Wildman–Crippen LogP) is 2.71.